The van der Waals surface area contributed by atoms with Gasteiger partial charge in [-0.2, -0.15) is 11.8 Å². The number of nitrogens with zero attached hydrogens (tertiary/aromatic N) is 1. The fraction of sp³-hybridized carbons (Fsp3) is 0.500. The second-order valence-corrected chi connectivity index (χ2v) is 5.46. The minimum absolute atomic E-state index is 0.00916. The molecule has 0 aliphatic heterocycles. The third kappa shape index (κ3) is 4.93. The average Bonchev–Trinajstić information content (AvgIpc) is 2.46. The highest BCUT2D eigenvalue weighted by Crippen LogP contribution is 2.23. The van der Waals surface area contributed by atoms with Crippen molar-refractivity contribution in [2.75, 3.05) is 23.9 Å². The third-order valence-electron chi connectivity index (χ3n) is 3.01. The van der Waals surface area contributed by atoms with Crippen LogP contribution >= 0.6 is 11.8 Å². The monoisotopic (exact) mass is 311 g/mol. The molecule has 1 aromatic carbocycles. The minimum atomic E-state index is -0.528. The Labute approximate surface area is 128 Å². The van der Waals surface area contributed by atoms with Gasteiger partial charge in [-0.15, -0.1) is 0 Å². The van der Waals surface area contributed by atoms with E-state index in [1.54, 1.807) is 17.8 Å². The normalized spacial score (nSPS) is 11.8. The fourth-order valence-electron chi connectivity index (χ4n) is 1.92. The van der Waals surface area contributed by atoms with E-state index >= 15 is 0 Å². The fourth-order valence-corrected chi connectivity index (χ4v) is 2.64. The highest BCUT2D eigenvalue weighted by Gasteiger charge is 2.22. The smallest absolute Gasteiger partial charge is 0.282 e. The standard InChI is InChI=1S/C14H21N3O3S/c1-4-10(9-21-3)16-14(18)12-8-11(15-5-2)6-7-13(12)17(19)20/h6-8,10,15H,4-5,9H2,1-3H3,(H,16,18). The van der Waals surface area contributed by atoms with E-state index in [-0.39, 0.29) is 17.3 Å². The molecule has 1 aromatic rings. The number of nitro benzene ring substituents is 1. The van der Waals surface area contributed by atoms with Gasteiger partial charge in [-0.25, -0.2) is 0 Å². The summed E-state index contributed by atoms with van der Waals surface area (Å²) in [6.07, 6.45) is 2.75. The summed E-state index contributed by atoms with van der Waals surface area (Å²) in [7, 11) is 0. The van der Waals surface area contributed by atoms with Crippen molar-refractivity contribution in [3.05, 3.63) is 33.9 Å². The maximum absolute atomic E-state index is 12.3. The summed E-state index contributed by atoms with van der Waals surface area (Å²) in [6, 6.07) is 4.51. The molecule has 1 rings (SSSR count). The molecule has 0 heterocycles. The molecule has 21 heavy (non-hydrogen) atoms. The number of carbonyl (C=O) groups is 1. The van der Waals surface area contributed by atoms with Gasteiger partial charge in [0.25, 0.3) is 11.6 Å². The maximum Gasteiger partial charge on any atom is 0.282 e. The molecule has 0 aliphatic rings. The highest BCUT2D eigenvalue weighted by atomic mass is 32.2. The number of carbonyl (C=O) groups excluding carboxylic acids is 1. The van der Waals surface area contributed by atoms with Gasteiger partial charge < -0.3 is 10.6 Å². The van der Waals surface area contributed by atoms with Gasteiger partial charge >= 0.3 is 0 Å². The first-order valence-electron chi connectivity index (χ1n) is 6.85. The Morgan fingerprint density at radius 2 is 2.14 bits per heavy atom. The predicted molar refractivity (Wildman–Crippen MR) is 87.2 cm³/mol. The van der Waals surface area contributed by atoms with Crippen LogP contribution in [0, 0.1) is 10.1 Å². The molecule has 0 aliphatic carbocycles. The van der Waals surface area contributed by atoms with Gasteiger partial charge in [0.05, 0.1) is 4.92 Å². The quantitative estimate of drug-likeness (QED) is 0.569. The SMILES string of the molecule is CCNc1ccc([N+](=O)[O-])c(C(=O)NC(CC)CSC)c1. The number of nitrogens with one attached hydrogen (secondary N) is 2. The van der Waals surface area contributed by atoms with E-state index in [9.17, 15) is 14.9 Å². The molecular formula is C14H21N3O3S. The Hall–Kier alpha value is -1.76. The van der Waals surface area contributed by atoms with Crippen LogP contribution in [0.3, 0.4) is 0 Å². The van der Waals surface area contributed by atoms with Crippen molar-refractivity contribution >= 4 is 29.0 Å². The molecule has 1 amide bonds. The molecule has 0 saturated heterocycles. The molecule has 0 saturated carbocycles. The van der Waals surface area contributed by atoms with Crippen molar-refractivity contribution < 1.29 is 9.72 Å². The topological polar surface area (TPSA) is 84.3 Å². The van der Waals surface area contributed by atoms with Crippen molar-refractivity contribution in [3.8, 4) is 0 Å². The summed E-state index contributed by atoms with van der Waals surface area (Å²) in [5, 5.41) is 17.0. The van der Waals surface area contributed by atoms with Gasteiger partial charge in [0.1, 0.15) is 5.56 Å². The lowest BCUT2D eigenvalue weighted by Gasteiger charge is -2.16. The van der Waals surface area contributed by atoms with Crippen LogP contribution in [-0.4, -0.2) is 35.4 Å². The first-order chi connectivity index (χ1) is 10.0. The predicted octanol–water partition coefficient (Wildman–Crippen LogP) is 2.90. The Kier molecular flexibility index (Phi) is 7.01. The average molecular weight is 311 g/mol. The summed E-state index contributed by atoms with van der Waals surface area (Å²) in [5.74, 6) is 0.380. The van der Waals surface area contributed by atoms with Gasteiger partial charge in [0.2, 0.25) is 0 Å². The number of nitro groups is 1. The summed E-state index contributed by atoms with van der Waals surface area (Å²) in [4.78, 5) is 22.9. The van der Waals surface area contributed by atoms with Gasteiger partial charge in [-0.1, -0.05) is 6.92 Å². The van der Waals surface area contributed by atoms with Crippen LogP contribution in [0.4, 0.5) is 11.4 Å². The zero-order valence-electron chi connectivity index (χ0n) is 12.5. The van der Waals surface area contributed by atoms with E-state index in [1.807, 2.05) is 20.1 Å². The Morgan fingerprint density at radius 3 is 2.67 bits per heavy atom. The van der Waals surface area contributed by atoms with Crippen LogP contribution in [0.1, 0.15) is 30.6 Å². The van der Waals surface area contributed by atoms with E-state index in [4.69, 9.17) is 0 Å². The number of anilines is 1. The third-order valence-corrected chi connectivity index (χ3v) is 3.75. The van der Waals surface area contributed by atoms with Crippen molar-refractivity contribution in [1.29, 1.82) is 0 Å². The minimum Gasteiger partial charge on any atom is -0.385 e. The first-order valence-corrected chi connectivity index (χ1v) is 8.24. The first kappa shape index (κ1) is 17.3. The van der Waals surface area contributed by atoms with Crippen LogP contribution in [0.2, 0.25) is 0 Å². The van der Waals surface area contributed by atoms with Gasteiger partial charge in [-0.05, 0) is 31.7 Å². The summed E-state index contributed by atoms with van der Waals surface area (Å²) in [5.41, 5.74) is 0.623. The molecular weight excluding hydrogens is 290 g/mol. The van der Waals surface area contributed by atoms with E-state index in [0.717, 1.165) is 12.2 Å². The Bertz CT molecular complexity index is 508. The van der Waals surface area contributed by atoms with Crippen LogP contribution in [-0.2, 0) is 0 Å². The maximum atomic E-state index is 12.3. The molecule has 2 N–H and O–H groups in total. The lowest BCUT2D eigenvalue weighted by Crippen LogP contribution is -2.36. The zero-order valence-corrected chi connectivity index (χ0v) is 13.3. The molecule has 0 spiro atoms. The molecule has 0 aromatic heterocycles. The van der Waals surface area contributed by atoms with Gasteiger partial charge in [0, 0.05) is 30.1 Å². The molecule has 0 radical (unpaired) electrons. The lowest BCUT2D eigenvalue weighted by atomic mass is 10.1. The van der Waals surface area contributed by atoms with Crippen LogP contribution < -0.4 is 10.6 Å². The van der Waals surface area contributed by atoms with E-state index in [0.29, 0.717) is 12.2 Å². The molecule has 0 bridgehead atoms. The molecule has 7 heteroatoms. The number of amides is 1. The lowest BCUT2D eigenvalue weighted by molar-refractivity contribution is -0.385. The molecule has 6 nitrogen and oxygen atoms in total. The van der Waals surface area contributed by atoms with Crippen LogP contribution in [0.5, 0.6) is 0 Å². The second-order valence-electron chi connectivity index (χ2n) is 4.55. The van der Waals surface area contributed by atoms with E-state index < -0.39 is 10.8 Å². The Balaban J connectivity index is 3.04. The van der Waals surface area contributed by atoms with Gasteiger partial charge in [0.15, 0.2) is 0 Å². The van der Waals surface area contributed by atoms with Crippen LogP contribution in [0.25, 0.3) is 0 Å². The summed E-state index contributed by atoms with van der Waals surface area (Å²) in [6.45, 7) is 4.58. The van der Waals surface area contributed by atoms with Crippen LogP contribution in [0.15, 0.2) is 18.2 Å². The number of thioether (sulfide) groups is 1. The Morgan fingerprint density at radius 1 is 1.43 bits per heavy atom. The molecule has 0 fully saturated rings. The van der Waals surface area contributed by atoms with Gasteiger partial charge in [-0.3, -0.25) is 14.9 Å². The number of benzene rings is 1. The highest BCUT2D eigenvalue weighted by molar-refractivity contribution is 7.98. The van der Waals surface area contributed by atoms with Crippen molar-refractivity contribution in [1.82, 2.24) is 5.32 Å². The summed E-state index contributed by atoms with van der Waals surface area (Å²) < 4.78 is 0. The molecule has 1 atom stereocenters. The van der Waals surface area contributed by atoms with Crippen molar-refractivity contribution in [2.45, 2.75) is 26.3 Å². The zero-order chi connectivity index (χ0) is 15.8. The van der Waals surface area contributed by atoms with Crippen molar-refractivity contribution in [3.63, 3.8) is 0 Å². The molecule has 1 unspecified atom stereocenters. The second kappa shape index (κ2) is 8.51. The van der Waals surface area contributed by atoms with E-state index in [1.165, 1.54) is 12.1 Å². The number of hydrogen-bond acceptors (Lipinski definition) is 5. The summed E-state index contributed by atoms with van der Waals surface area (Å²) >= 11 is 1.63. The van der Waals surface area contributed by atoms with E-state index in [2.05, 4.69) is 10.6 Å². The van der Waals surface area contributed by atoms with Crippen molar-refractivity contribution in [2.24, 2.45) is 0 Å². The largest absolute Gasteiger partial charge is 0.385 e. The number of rotatable bonds is 8. The number of hydrogen-bond donors (Lipinski definition) is 2. The molecule has 116 valence electrons.